The summed E-state index contributed by atoms with van der Waals surface area (Å²) < 4.78 is 0. The zero-order valence-electron chi connectivity index (χ0n) is 34.9. The molecule has 0 fully saturated rings. The Kier molecular flexibility index (Phi) is 38.3. The van der Waals surface area contributed by atoms with E-state index >= 15 is 0 Å². The van der Waals surface area contributed by atoms with Crippen LogP contribution in [0.5, 0.6) is 0 Å². The van der Waals surface area contributed by atoms with Gasteiger partial charge in [0.15, 0.2) is 0 Å². The number of allylic oxidation sites excluding steroid dienone is 16. The Bertz CT molecular complexity index is 1030. The Balaban J connectivity index is -0.000000648. The third-order valence-electron chi connectivity index (χ3n) is 8.10. The van der Waals surface area contributed by atoms with Crippen LogP contribution in [0.3, 0.4) is 0 Å². The topological polar surface area (TPSA) is 40.5 Å². The van der Waals surface area contributed by atoms with Gasteiger partial charge >= 0.3 is 0 Å². The summed E-state index contributed by atoms with van der Waals surface area (Å²) in [5.41, 5.74) is 12.6. The fraction of sp³-hybridized carbons (Fsp3) is 0.617. The van der Waals surface area contributed by atoms with Crippen LogP contribution in [0.25, 0.3) is 0 Å². The van der Waals surface area contributed by atoms with Crippen molar-refractivity contribution < 1.29 is 10.2 Å². The molecule has 0 aliphatic heterocycles. The zero-order valence-corrected chi connectivity index (χ0v) is 34.9. The quantitative estimate of drug-likeness (QED) is 0.112. The van der Waals surface area contributed by atoms with E-state index in [1.54, 1.807) is 0 Å². The van der Waals surface area contributed by atoms with E-state index in [1.165, 1.54) is 76.7 Å². The van der Waals surface area contributed by atoms with E-state index in [0.29, 0.717) is 0 Å². The molecule has 0 aromatic carbocycles. The van der Waals surface area contributed by atoms with Gasteiger partial charge < -0.3 is 10.2 Å². The van der Waals surface area contributed by atoms with Gasteiger partial charge in [0.25, 0.3) is 0 Å². The number of aliphatic hydroxyl groups excluding tert-OH is 2. The normalized spacial score (nSPS) is 13.3. The fourth-order valence-corrected chi connectivity index (χ4v) is 4.89. The molecule has 0 aromatic heterocycles. The minimum absolute atomic E-state index is 0.162. The minimum Gasteiger partial charge on any atom is -0.392 e. The van der Waals surface area contributed by atoms with Gasteiger partial charge in [-0.2, -0.15) is 0 Å². The van der Waals surface area contributed by atoms with E-state index in [1.807, 2.05) is 13.0 Å². The van der Waals surface area contributed by atoms with Crippen molar-refractivity contribution in [1.29, 1.82) is 0 Å². The molecule has 0 saturated heterocycles. The lowest BCUT2D eigenvalue weighted by Crippen LogP contribution is -1.84. The van der Waals surface area contributed by atoms with Crippen LogP contribution in [-0.2, 0) is 0 Å². The first-order valence-corrected chi connectivity index (χ1v) is 19.3. The van der Waals surface area contributed by atoms with Crippen LogP contribution in [0.15, 0.2) is 105 Å². The highest BCUT2D eigenvalue weighted by atomic mass is 16.3. The molecule has 2 N–H and O–H groups in total. The molecule has 0 aliphatic carbocycles. The molecule has 0 rings (SSSR count). The van der Waals surface area contributed by atoms with E-state index in [0.717, 1.165) is 63.4 Å². The molecule has 0 unspecified atom stereocenters. The van der Waals surface area contributed by atoms with E-state index in [4.69, 9.17) is 10.2 Å². The highest BCUT2D eigenvalue weighted by Gasteiger charge is 1.94. The first-order chi connectivity index (χ1) is 23.2. The standard InChI is InChI=1S/C16H28O.C16H28.C15H26O/c1-5-8-14(2)9-6-10-15(3)11-7-12-16(4)13-17;1-6-9-15(4)12-8-13-16(5)11-7-10-14(2)3;1-13(2)7-5-8-14(3)9-6-10-15(4)11-12-16/h8,10,12,17H,5-7,9,11,13H2,1-4H3;9-10,13H,6-8,11-12H2,1-5H3;7,9,11,16H,5-6,8,10,12H2,1-4H3/b14-8+,15-10+,16-12+;15-9+,16-13+;14-9+,15-11+. The Morgan fingerprint density at radius 3 is 0.816 bits per heavy atom. The average molecular weight is 679 g/mol. The molecule has 49 heavy (non-hydrogen) atoms. The molecule has 0 saturated carbocycles. The first-order valence-electron chi connectivity index (χ1n) is 19.3. The van der Waals surface area contributed by atoms with Crippen LogP contribution in [0.2, 0.25) is 0 Å². The maximum absolute atomic E-state index is 8.86. The summed E-state index contributed by atoms with van der Waals surface area (Å²) in [4.78, 5) is 0. The predicted octanol–water partition coefficient (Wildman–Crippen LogP) is 15.0. The average Bonchev–Trinajstić information content (AvgIpc) is 3.01. The van der Waals surface area contributed by atoms with Crippen LogP contribution < -0.4 is 0 Å². The molecule has 2 heteroatoms. The molecule has 0 amide bonds. The van der Waals surface area contributed by atoms with Gasteiger partial charge in [-0.1, -0.05) is 119 Å². The van der Waals surface area contributed by atoms with Gasteiger partial charge in [0, 0.05) is 0 Å². The van der Waals surface area contributed by atoms with Gasteiger partial charge in [0.2, 0.25) is 0 Å². The van der Waals surface area contributed by atoms with Gasteiger partial charge in [-0.25, -0.2) is 0 Å². The molecular formula is C47H82O2. The summed E-state index contributed by atoms with van der Waals surface area (Å²) in [6.07, 6.45) is 36.3. The summed E-state index contributed by atoms with van der Waals surface area (Å²) in [5.74, 6) is 0. The third kappa shape index (κ3) is 43.6. The fourth-order valence-electron chi connectivity index (χ4n) is 4.89. The Morgan fingerprint density at radius 1 is 0.327 bits per heavy atom. The maximum atomic E-state index is 8.86. The van der Waals surface area contributed by atoms with Crippen LogP contribution in [-0.4, -0.2) is 23.4 Å². The van der Waals surface area contributed by atoms with Crippen molar-refractivity contribution in [2.75, 3.05) is 13.2 Å². The lowest BCUT2D eigenvalue weighted by atomic mass is 10.1. The molecule has 0 radical (unpaired) electrons. The highest BCUT2D eigenvalue weighted by molar-refractivity contribution is 5.08. The van der Waals surface area contributed by atoms with Gasteiger partial charge in [-0.3, -0.25) is 0 Å². The molecule has 0 aliphatic rings. The summed E-state index contributed by atoms with van der Waals surface area (Å²) in [5, 5.41) is 17.6. The Labute approximate surface area is 307 Å². The zero-order chi connectivity index (χ0) is 37.9. The maximum Gasteiger partial charge on any atom is 0.0639 e. The van der Waals surface area contributed by atoms with Crippen LogP contribution >= 0.6 is 0 Å². The lowest BCUT2D eigenvalue weighted by molar-refractivity contribution is 0.331. The molecule has 282 valence electrons. The number of hydrogen-bond donors (Lipinski definition) is 2. The number of rotatable bonds is 22. The van der Waals surface area contributed by atoms with Crippen molar-refractivity contribution in [3.63, 3.8) is 0 Å². The number of hydrogen-bond acceptors (Lipinski definition) is 2. The van der Waals surface area contributed by atoms with Crippen LogP contribution in [0, 0.1) is 0 Å². The third-order valence-corrected chi connectivity index (χ3v) is 8.10. The largest absolute Gasteiger partial charge is 0.392 e. The molecule has 0 bridgehead atoms. The van der Waals surface area contributed by atoms with Crippen LogP contribution in [0.1, 0.15) is 180 Å². The van der Waals surface area contributed by atoms with Gasteiger partial charge in [-0.05, 0) is 166 Å². The Hall–Kier alpha value is -2.42. The smallest absolute Gasteiger partial charge is 0.0639 e. The van der Waals surface area contributed by atoms with E-state index < -0.39 is 0 Å². The summed E-state index contributed by atoms with van der Waals surface area (Å²) in [7, 11) is 0. The molecule has 2 nitrogen and oxygen atoms in total. The van der Waals surface area contributed by atoms with Crippen molar-refractivity contribution in [2.24, 2.45) is 0 Å². The second kappa shape index (κ2) is 36.9. The van der Waals surface area contributed by atoms with Gasteiger partial charge in [-0.15, -0.1) is 0 Å². The van der Waals surface area contributed by atoms with Crippen LogP contribution in [0.4, 0.5) is 0 Å². The molecule has 0 heterocycles. The molecular weight excluding hydrogens is 597 g/mol. The lowest BCUT2D eigenvalue weighted by Gasteiger charge is -2.01. The molecule has 0 atom stereocenters. The van der Waals surface area contributed by atoms with Crippen molar-refractivity contribution in [2.45, 2.75) is 180 Å². The second-order valence-corrected chi connectivity index (χ2v) is 14.3. The van der Waals surface area contributed by atoms with E-state index in [9.17, 15) is 0 Å². The summed E-state index contributed by atoms with van der Waals surface area (Å²) in [6.45, 7) is 28.5. The summed E-state index contributed by atoms with van der Waals surface area (Å²) >= 11 is 0. The van der Waals surface area contributed by atoms with Gasteiger partial charge in [0.05, 0.1) is 13.2 Å². The van der Waals surface area contributed by atoms with E-state index in [2.05, 4.69) is 132 Å². The molecule has 0 aromatic rings. The van der Waals surface area contributed by atoms with Gasteiger partial charge in [0.1, 0.15) is 0 Å². The van der Waals surface area contributed by atoms with Crippen molar-refractivity contribution in [3.05, 3.63) is 105 Å². The first kappa shape index (κ1) is 51.0. The summed E-state index contributed by atoms with van der Waals surface area (Å²) in [6, 6.07) is 0. The predicted molar refractivity (Wildman–Crippen MR) is 225 cm³/mol. The Morgan fingerprint density at radius 2 is 0.571 bits per heavy atom. The minimum atomic E-state index is 0.162. The SMILES string of the molecule is CC(C)=CCC/C(C)=C/CC/C(C)=C/CO.CC/C=C(\C)CC/C=C(\C)CC/C=C(\C)CO.CC/C=C(\C)CC/C=C(\C)CCC=C(C)C. The second-order valence-electron chi connectivity index (χ2n) is 14.3. The number of aliphatic hydroxyl groups is 2. The van der Waals surface area contributed by atoms with Crippen molar-refractivity contribution >= 4 is 0 Å². The highest BCUT2D eigenvalue weighted by Crippen LogP contribution is 2.14. The monoisotopic (exact) mass is 679 g/mol. The molecule has 0 spiro atoms. The van der Waals surface area contributed by atoms with Crippen molar-refractivity contribution in [3.8, 4) is 0 Å². The van der Waals surface area contributed by atoms with Crippen molar-refractivity contribution in [1.82, 2.24) is 0 Å². The van der Waals surface area contributed by atoms with E-state index in [-0.39, 0.29) is 13.2 Å².